The number of aryl methyl sites for hydroxylation is 3. The van der Waals surface area contributed by atoms with E-state index < -0.39 is 0 Å². The number of nitrogens with one attached hydrogen (secondary N) is 1. The Morgan fingerprint density at radius 3 is 2.56 bits per heavy atom. The lowest BCUT2D eigenvalue weighted by Gasteiger charge is -2.37. The Bertz CT molecular complexity index is 1490. The quantitative estimate of drug-likeness (QED) is 0.301. The number of benzene rings is 3. The van der Waals surface area contributed by atoms with Gasteiger partial charge in [-0.2, -0.15) is 4.98 Å². The Labute approximate surface area is 215 Å². The number of hydrogen-bond acceptors (Lipinski definition) is 4. The summed E-state index contributed by atoms with van der Waals surface area (Å²) in [5.74, 6) is 0.340. The molecule has 1 aromatic heterocycles. The van der Waals surface area contributed by atoms with E-state index in [1.165, 1.54) is 28.8 Å². The van der Waals surface area contributed by atoms with Crippen LogP contribution in [0.15, 0.2) is 77.0 Å². The maximum absolute atomic E-state index is 13.8. The van der Waals surface area contributed by atoms with Crippen LogP contribution in [0, 0.1) is 19.7 Å². The summed E-state index contributed by atoms with van der Waals surface area (Å²) in [6.45, 7) is 8.32. The van der Waals surface area contributed by atoms with Crippen molar-refractivity contribution >= 4 is 28.6 Å². The topological polar surface area (TPSA) is 54.2 Å². The van der Waals surface area contributed by atoms with Crippen LogP contribution in [-0.2, 0) is 6.42 Å². The fraction of sp³-hybridized carbons (Fsp3) is 0.207. The normalized spacial score (nSPS) is 15.9. The highest BCUT2D eigenvalue weighted by molar-refractivity contribution is 7.80. The van der Waals surface area contributed by atoms with Gasteiger partial charge in [-0.1, -0.05) is 54.5 Å². The minimum absolute atomic E-state index is 0.289. The molecule has 1 aliphatic heterocycles. The third-order valence-electron chi connectivity index (χ3n) is 6.67. The van der Waals surface area contributed by atoms with Crippen LogP contribution in [0.4, 0.5) is 10.1 Å². The Hall–Kier alpha value is -3.84. The van der Waals surface area contributed by atoms with Crippen molar-refractivity contribution in [3.63, 3.8) is 0 Å². The minimum Gasteiger partial charge on any atom is -0.351 e. The molecule has 1 atom stereocenters. The summed E-state index contributed by atoms with van der Waals surface area (Å²) < 4.78 is 19.6. The van der Waals surface area contributed by atoms with E-state index in [4.69, 9.17) is 16.7 Å². The molecule has 182 valence electrons. The number of rotatable bonds is 5. The first-order valence-electron chi connectivity index (χ1n) is 11.9. The van der Waals surface area contributed by atoms with Crippen molar-refractivity contribution < 1.29 is 8.91 Å². The predicted molar refractivity (Wildman–Crippen MR) is 145 cm³/mol. The molecule has 36 heavy (non-hydrogen) atoms. The first kappa shape index (κ1) is 23.9. The minimum atomic E-state index is -0.353. The van der Waals surface area contributed by atoms with Crippen LogP contribution < -0.4 is 10.2 Å². The SMILES string of the molecule is CCc1cccc(N2C(=S)NC(c3ccc(C)c(C)c3)C(c3nc(-c4cccc(F)c4)no3)=C2C)c1. The van der Waals surface area contributed by atoms with Crippen LogP contribution in [-0.4, -0.2) is 15.3 Å². The van der Waals surface area contributed by atoms with Crippen LogP contribution >= 0.6 is 12.2 Å². The average molecular weight is 499 g/mol. The molecule has 0 aliphatic carbocycles. The van der Waals surface area contributed by atoms with E-state index in [-0.39, 0.29) is 11.9 Å². The number of nitrogens with zero attached hydrogens (tertiary/aromatic N) is 3. The highest BCUT2D eigenvalue weighted by atomic mass is 32.1. The van der Waals surface area contributed by atoms with Crippen molar-refractivity contribution in [2.24, 2.45) is 0 Å². The molecule has 2 heterocycles. The van der Waals surface area contributed by atoms with Crippen molar-refractivity contribution in [2.45, 2.75) is 40.2 Å². The number of aromatic nitrogens is 2. The first-order chi connectivity index (χ1) is 17.4. The van der Waals surface area contributed by atoms with Crippen LogP contribution in [0.1, 0.15) is 48.0 Å². The van der Waals surface area contributed by atoms with Crippen molar-refractivity contribution in [3.05, 3.63) is 106 Å². The zero-order valence-electron chi connectivity index (χ0n) is 20.7. The lowest BCUT2D eigenvalue weighted by Crippen LogP contribution is -2.46. The van der Waals surface area contributed by atoms with Crippen LogP contribution in [0.3, 0.4) is 0 Å². The van der Waals surface area contributed by atoms with Gasteiger partial charge >= 0.3 is 0 Å². The van der Waals surface area contributed by atoms with Gasteiger partial charge in [0.2, 0.25) is 5.82 Å². The molecule has 1 N–H and O–H groups in total. The van der Waals surface area contributed by atoms with E-state index in [1.807, 2.05) is 24.0 Å². The highest BCUT2D eigenvalue weighted by Gasteiger charge is 2.35. The summed E-state index contributed by atoms with van der Waals surface area (Å²) in [5, 5.41) is 8.28. The standard InChI is InChI=1S/C29H27FN4OS/c1-5-20-8-6-11-24(15-20)34-19(4)25(26(31-29(34)36)21-13-12-17(2)18(3)14-21)28-32-27(33-35-28)22-9-7-10-23(30)16-22/h6-16,26H,5H2,1-4H3,(H,31,36). The van der Waals surface area contributed by atoms with Gasteiger partial charge in [-0.3, -0.25) is 4.90 Å². The molecule has 0 bridgehead atoms. The van der Waals surface area contributed by atoms with Crippen molar-refractivity contribution in [2.75, 3.05) is 4.90 Å². The predicted octanol–water partition coefficient (Wildman–Crippen LogP) is 6.92. The van der Waals surface area contributed by atoms with Gasteiger partial charge in [-0.05, 0) is 85.9 Å². The Kier molecular flexibility index (Phi) is 6.41. The van der Waals surface area contributed by atoms with Gasteiger partial charge in [0, 0.05) is 16.9 Å². The van der Waals surface area contributed by atoms with Crippen LogP contribution in [0.2, 0.25) is 0 Å². The maximum Gasteiger partial charge on any atom is 0.258 e. The van der Waals surface area contributed by atoms with E-state index in [9.17, 15) is 4.39 Å². The summed E-state index contributed by atoms with van der Waals surface area (Å²) >= 11 is 5.87. The molecule has 0 saturated carbocycles. The van der Waals surface area contributed by atoms with Gasteiger partial charge in [0.1, 0.15) is 5.82 Å². The molecule has 7 heteroatoms. The zero-order chi connectivity index (χ0) is 25.4. The van der Waals surface area contributed by atoms with E-state index >= 15 is 0 Å². The molecular weight excluding hydrogens is 471 g/mol. The number of allylic oxidation sites excluding steroid dienone is 1. The van der Waals surface area contributed by atoms with Crippen molar-refractivity contribution in [1.29, 1.82) is 0 Å². The molecular formula is C29H27FN4OS. The second kappa shape index (κ2) is 9.66. The highest BCUT2D eigenvalue weighted by Crippen LogP contribution is 2.39. The molecule has 0 amide bonds. The van der Waals surface area contributed by atoms with Crippen LogP contribution in [0.25, 0.3) is 17.0 Å². The van der Waals surface area contributed by atoms with Gasteiger partial charge < -0.3 is 9.84 Å². The van der Waals surface area contributed by atoms with E-state index in [2.05, 4.69) is 66.6 Å². The lowest BCUT2D eigenvalue weighted by atomic mass is 9.92. The second-order valence-corrected chi connectivity index (χ2v) is 9.40. The third kappa shape index (κ3) is 4.42. The fourth-order valence-corrected chi connectivity index (χ4v) is 4.88. The number of anilines is 1. The van der Waals surface area contributed by atoms with Gasteiger partial charge in [0.25, 0.3) is 5.89 Å². The number of thiocarbonyl (C=S) groups is 1. The Morgan fingerprint density at radius 2 is 1.81 bits per heavy atom. The first-order valence-corrected chi connectivity index (χ1v) is 12.3. The molecule has 5 rings (SSSR count). The zero-order valence-corrected chi connectivity index (χ0v) is 21.5. The monoisotopic (exact) mass is 498 g/mol. The van der Waals surface area contributed by atoms with E-state index in [1.54, 1.807) is 12.1 Å². The van der Waals surface area contributed by atoms with Gasteiger partial charge in [0.15, 0.2) is 5.11 Å². The van der Waals surface area contributed by atoms with Gasteiger partial charge in [-0.15, -0.1) is 0 Å². The maximum atomic E-state index is 13.8. The summed E-state index contributed by atoms with van der Waals surface area (Å²) in [5.41, 5.74) is 7.89. The van der Waals surface area contributed by atoms with Crippen LogP contribution in [0.5, 0.6) is 0 Å². The molecule has 1 aliphatic rings. The third-order valence-corrected chi connectivity index (χ3v) is 6.97. The lowest BCUT2D eigenvalue weighted by molar-refractivity contribution is 0.404. The summed E-state index contributed by atoms with van der Waals surface area (Å²) in [6, 6.07) is 20.5. The average Bonchev–Trinajstić information content (AvgIpc) is 3.35. The summed E-state index contributed by atoms with van der Waals surface area (Å²) in [6.07, 6.45) is 0.920. The molecule has 1 unspecified atom stereocenters. The van der Waals surface area contributed by atoms with Gasteiger partial charge in [-0.25, -0.2) is 4.39 Å². The molecule has 0 fully saturated rings. The molecule has 3 aromatic carbocycles. The molecule has 0 spiro atoms. The molecule has 0 radical (unpaired) electrons. The molecule has 5 nitrogen and oxygen atoms in total. The fourth-order valence-electron chi connectivity index (χ4n) is 4.52. The van der Waals surface area contributed by atoms with Crippen molar-refractivity contribution in [1.82, 2.24) is 15.5 Å². The summed E-state index contributed by atoms with van der Waals surface area (Å²) in [4.78, 5) is 6.69. The largest absolute Gasteiger partial charge is 0.351 e. The number of halogens is 1. The smallest absolute Gasteiger partial charge is 0.258 e. The Balaban J connectivity index is 1.67. The molecule has 0 saturated heterocycles. The van der Waals surface area contributed by atoms with E-state index in [0.29, 0.717) is 22.4 Å². The Morgan fingerprint density at radius 1 is 1.00 bits per heavy atom. The summed E-state index contributed by atoms with van der Waals surface area (Å²) in [7, 11) is 0. The molecule has 4 aromatic rings. The van der Waals surface area contributed by atoms with Gasteiger partial charge in [0.05, 0.1) is 11.6 Å². The number of hydrogen-bond donors (Lipinski definition) is 1. The van der Waals surface area contributed by atoms with E-state index in [0.717, 1.165) is 28.9 Å². The second-order valence-electron chi connectivity index (χ2n) is 9.02. The van der Waals surface area contributed by atoms with Crippen molar-refractivity contribution in [3.8, 4) is 11.4 Å².